The SMILES string of the molecule is Cc1cccc(C(CN)Oc2cncc(Cl)c2)c1. The van der Waals surface area contributed by atoms with Gasteiger partial charge in [0.05, 0.1) is 11.2 Å². The lowest BCUT2D eigenvalue weighted by molar-refractivity contribution is 0.213. The van der Waals surface area contributed by atoms with E-state index in [9.17, 15) is 0 Å². The molecule has 1 heterocycles. The molecule has 2 N–H and O–H groups in total. The predicted molar refractivity (Wildman–Crippen MR) is 72.8 cm³/mol. The second-order valence-corrected chi connectivity index (χ2v) is 4.53. The fraction of sp³-hybridized carbons (Fsp3) is 0.214. The summed E-state index contributed by atoms with van der Waals surface area (Å²) in [6.45, 7) is 2.44. The molecule has 0 aliphatic rings. The minimum absolute atomic E-state index is 0.190. The van der Waals surface area contributed by atoms with Crippen LogP contribution in [0.3, 0.4) is 0 Å². The fourth-order valence-electron chi connectivity index (χ4n) is 1.74. The predicted octanol–water partition coefficient (Wildman–Crippen LogP) is 3.12. The lowest BCUT2D eigenvalue weighted by Crippen LogP contribution is -2.18. The highest BCUT2D eigenvalue weighted by Crippen LogP contribution is 2.23. The van der Waals surface area contributed by atoms with Crippen LogP contribution in [0.2, 0.25) is 5.02 Å². The van der Waals surface area contributed by atoms with Gasteiger partial charge in [0, 0.05) is 18.8 Å². The van der Waals surface area contributed by atoms with E-state index in [1.54, 1.807) is 18.5 Å². The van der Waals surface area contributed by atoms with Crippen molar-refractivity contribution in [2.24, 2.45) is 5.73 Å². The standard InChI is InChI=1S/C14H15ClN2O/c1-10-3-2-4-11(5-10)14(7-16)18-13-6-12(15)8-17-9-13/h2-6,8-9,14H,7,16H2,1H3. The van der Waals surface area contributed by atoms with Crippen molar-refractivity contribution in [3.63, 3.8) is 0 Å². The van der Waals surface area contributed by atoms with Crippen LogP contribution in [0.5, 0.6) is 5.75 Å². The number of pyridine rings is 1. The Labute approximate surface area is 112 Å². The highest BCUT2D eigenvalue weighted by atomic mass is 35.5. The van der Waals surface area contributed by atoms with Crippen molar-refractivity contribution < 1.29 is 4.74 Å². The first kappa shape index (κ1) is 12.9. The number of aryl methyl sites for hydroxylation is 1. The molecular weight excluding hydrogens is 248 g/mol. The van der Waals surface area contributed by atoms with E-state index in [1.807, 2.05) is 25.1 Å². The third kappa shape index (κ3) is 3.22. The number of nitrogens with zero attached hydrogens (tertiary/aromatic N) is 1. The Bertz CT molecular complexity index is 531. The van der Waals surface area contributed by atoms with Gasteiger partial charge in [0.15, 0.2) is 0 Å². The summed E-state index contributed by atoms with van der Waals surface area (Å²) in [5, 5.41) is 0.549. The molecule has 2 rings (SSSR count). The number of benzene rings is 1. The van der Waals surface area contributed by atoms with E-state index in [1.165, 1.54) is 5.56 Å². The van der Waals surface area contributed by atoms with Crippen molar-refractivity contribution in [1.82, 2.24) is 4.98 Å². The van der Waals surface area contributed by atoms with Gasteiger partial charge in [-0.2, -0.15) is 0 Å². The minimum Gasteiger partial charge on any atom is -0.483 e. The van der Waals surface area contributed by atoms with Gasteiger partial charge in [-0.1, -0.05) is 41.4 Å². The van der Waals surface area contributed by atoms with Gasteiger partial charge in [-0.25, -0.2) is 0 Å². The summed E-state index contributed by atoms with van der Waals surface area (Å²) in [5.41, 5.74) is 8.00. The second kappa shape index (κ2) is 5.85. The molecule has 0 aliphatic heterocycles. The van der Waals surface area contributed by atoms with Gasteiger partial charge in [0.1, 0.15) is 11.9 Å². The van der Waals surface area contributed by atoms with Crippen LogP contribution in [0.15, 0.2) is 42.7 Å². The normalized spacial score (nSPS) is 12.2. The molecule has 0 radical (unpaired) electrons. The Balaban J connectivity index is 2.19. The molecule has 18 heavy (non-hydrogen) atoms. The molecule has 3 nitrogen and oxygen atoms in total. The number of hydrogen-bond donors (Lipinski definition) is 1. The van der Waals surface area contributed by atoms with Crippen LogP contribution in [0.25, 0.3) is 0 Å². The number of rotatable bonds is 4. The van der Waals surface area contributed by atoms with Crippen LogP contribution in [0, 0.1) is 6.92 Å². The van der Waals surface area contributed by atoms with Crippen molar-refractivity contribution in [3.8, 4) is 5.75 Å². The van der Waals surface area contributed by atoms with E-state index in [4.69, 9.17) is 22.1 Å². The molecular formula is C14H15ClN2O. The molecule has 1 aromatic carbocycles. The van der Waals surface area contributed by atoms with Crippen LogP contribution >= 0.6 is 11.6 Å². The van der Waals surface area contributed by atoms with Crippen LogP contribution in [-0.4, -0.2) is 11.5 Å². The molecule has 1 aromatic heterocycles. The van der Waals surface area contributed by atoms with Gasteiger partial charge in [0.2, 0.25) is 0 Å². The maximum atomic E-state index is 5.87. The maximum Gasteiger partial charge on any atom is 0.140 e. The highest BCUT2D eigenvalue weighted by molar-refractivity contribution is 6.30. The zero-order valence-corrected chi connectivity index (χ0v) is 10.9. The minimum atomic E-state index is -0.190. The molecule has 0 saturated carbocycles. The summed E-state index contributed by atoms with van der Waals surface area (Å²) in [4.78, 5) is 3.99. The monoisotopic (exact) mass is 262 g/mol. The Morgan fingerprint density at radius 3 is 2.83 bits per heavy atom. The van der Waals surface area contributed by atoms with Crippen molar-refractivity contribution >= 4 is 11.6 Å². The van der Waals surface area contributed by atoms with Crippen LogP contribution in [0.1, 0.15) is 17.2 Å². The zero-order valence-electron chi connectivity index (χ0n) is 10.1. The maximum absolute atomic E-state index is 5.87. The number of ether oxygens (including phenoxy) is 1. The summed E-state index contributed by atoms with van der Waals surface area (Å²) in [6.07, 6.45) is 3.01. The quantitative estimate of drug-likeness (QED) is 0.921. The van der Waals surface area contributed by atoms with Crippen LogP contribution < -0.4 is 10.5 Å². The van der Waals surface area contributed by atoms with Gasteiger partial charge < -0.3 is 10.5 Å². The first-order chi connectivity index (χ1) is 8.69. The van der Waals surface area contributed by atoms with Gasteiger partial charge in [-0.15, -0.1) is 0 Å². The largest absolute Gasteiger partial charge is 0.483 e. The van der Waals surface area contributed by atoms with E-state index >= 15 is 0 Å². The lowest BCUT2D eigenvalue weighted by atomic mass is 10.1. The summed E-state index contributed by atoms with van der Waals surface area (Å²) in [5.74, 6) is 0.624. The molecule has 0 saturated heterocycles. The third-order valence-electron chi connectivity index (χ3n) is 2.59. The molecule has 1 atom stereocenters. The average molecular weight is 263 g/mol. The summed E-state index contributed by atoms with van der Waals surface area (Å²) in [6, 6.07) is 9.83. The summed E-state index contributed by atoms with van der Waals surface area (Å²) < 4.78 is 5.81. The second-order valence-electron chi connectivity index (χ2n) is 4.10. The highest BCUT2D eigenvalue weighted by Gasteiger charge is 2.11. The number of nitrogens with two attached hydrogens (primary N) is 1. The lowest BCUT2D eigenvalue weighted by Gasteiger charge is -2.18. The topological polar surface area (TPSA) is 48.1 Å². The van der Waals surface area contributed by atoms with E-state index in [2.05, 4.69) is 11.1 Å². The van der Waals surface area contributed by atoms with E-state index in [0.29, 0.717) is 17.3 Å². The van der Waals surface area contributed by atoms with E-state index in [-0.39, 0.29) is 6.10 Å². The van der Waals surface area contributed by atoms with Crippen molar-refractivity contribution in [2.75, 3.05) is 6.54 Å². The molecule has 2 aromatic rings. The fourth-order valence-corrected chi connectivity index (χ4v) is 1.91. The molecule has 0 aliphatic carbocycles. The number of halogens is 1. The zero-order chi connectivity index (χ0) is 13.0. The van der Waals surface area contributed by atoms with Gasteiger partial charge in [-0.3, -0.25) is 4.98 Å². The van der Waals surface area contributed by atoms with E-state index < -0.39 is 0 Å². The van der Waals surface area contributed by atoms with Crippen molar-refractivity contribution in [2.45, 2.75) is 13.0 Å². The Morgan fingerprint density at radius 1 is 1.33 bits per heavy atom. The van der Waals surface area contributed by atoms with Crippen LogP contribution in [-0.2, 0) is 0 Å². The first-order valence-electron chi connectivity index (χ1n) is 5.73. The van der Waals surface area contributed by atoms with Gasteiger partial charge in [-0.05, 0) is 12.5 Å². The molecule has 4 heteroatoms. The third-order valence-corrected chi connectivity index (χ3v) is 2.79. The van der Waals surface area contributed by atoms with Crippen molar-refractivity contribution in [1.29, 1.82) is 0 Å². The first-order valence-corrected chi connectivity index (χ1v) is 6.10. The molecule has 0 amide bonds. The molecule has 94 valence electrons. The van der Waals surface area contributed by atoms with Crippen LogP contribution in [0.4, 0.5) is 0 Å². The van der Waals surface area contributed by atoms with Crippen molar-refractivity contribution in [3.05, 3.63) is 58.9 Å². The molecule has 0 spiro atoms. The summed E-state index contributed by atoms with van der Waals surface area (Å²) >= 11 is 5.87. The average Bonchev–Trinajstić information content (AvgIpc) is 2.36. The molecule has 0 fully saturated rings. The Morgan fingerprint density at radius 2 is 2.17 bits per heavy atom. The van der Waals surface area contributed by atoms with Gasteiger partial charge in [0.25, 0.3) is 0 Å². The Hall–Kier alpha value is -1.58. The summed E-state index contributed by atoms with van der Waals surface area (Å²) in [7, 11) is 0. The Kier molecular flexibility index (Phi) is 4.18. The molecule has 0 bridgehead atoms. The number of hydrogen-bond acceptors (Lipinski definition) is 3. The molecule has 1 unspecified atom stereocenters. The van der Waals surface area contributed by atoms with Gasteiger partial charge >= 0.3 is 0 Å². The van der Waals surface area contributed by atoms with E-state index in [0.717, 1.165) is 5.56 Å². The smallest absolute Gasteiger partial charge is 0.140 e. The number of aromatic nitrogens is 1.